The number of benzene rings is 2. The second-order valence-electron chi connectivity index (χ2n) is 7.90. The van der Waals surface area contributed by atoms with Crippen molar-refractivity contribution in [2.75, 3.05) is 12.0 Å². The molecule has 33 heavy (non-hydrogen) atoms. The number of para-hydroxylation sites is 1. The van der Waals surface area contributed by atoms with Gasteiger partial charge in [-0.2, -0.15) is 0 Å². The Morgan fingerprint density at radius 3 is 2.39 bits per heavy atom. The molecule has 7 nitrogen and oxygen atoms in total. The minimum atomic E-state index is -4.83. The molecule has 1 aliphatic heterocycles. The summed E-state index contributed by atoms with van der Waals surface area (Å²) in [7, 11) is 1.51. The summed E-state index contributed by atoms with van der Waals surface area (Å²) in [5, 5.41) is 0.806. The fraction of sp³-hybridized carbons (Fsp3) is 0.261. The molecule has 2 aliphatic rings. The number of aromatic nitrogens is 1. The summed E-state index contributed by atoms with van der Waals surface area (Å²) in [6.07, 6.45) is -2.23. The lowest BCUT2D eigenvalue weighted by molar-refractivity contribution is -0.274. The van der Waals surface area contributed by atoms with E-state index in [2.05, 4.69) is 9.72 Å². The lowest BCUT2D eigenvalue weighted by Crippen LogP contribution is -2.36. The van der Waals surface area contributed by atoms with Gasteiger partial charge in [0.05, 0.1) is 31.1 Å². The molecular formula is C23H18F3N3O4. The molecule has 1 aromatic heterocycles. The third-order valence-corrected chi connectivity index (χ3v) is 5.98. The molecule has 1 saturated heterocycles. The number of urea groups is 1. The van der Waals surface area contributed by atoms with Crippen LogP contribution >= 0.6 is 0 Å². The van der Waals surface area contributed by atoms with E-state index in [0.29, 0.717) is 18.6 Å². The van der Waals surface area contributed by atoms with E-state index in [1.807, 2.05) is 24.3 Å². The smallest absolute Gasteiger partial charge is 0.495 e. The van der Waals surface area contributed by atoms with Gasteiger partial charge in [0.15, 0.2) is 0 Å². The number of carbonyl (C=O) groups excluding carboxylic acids is 2. The maximum absolute atomic E-state index is 13.4. The standard InChI is InChI=1S/C23H18F3N3O4/c1-32-19-12-27-18-5-3-2-4-16(18)17(19)13-28-21(31)29(20(30)22(28)10-11-22)14-6-8-15(9-7-14)33-23(24,25)26/h2-9,12H,10-11,13H2,1H3. The van der Waals surface area contributed by atoms with Gasteiger partial charge in [0.25, 0.3) is 5.91 Å². The Bertz CT molecular complexity index is 1260. The fourth-order valence-corrected chi connectivity index (χ4v) is 4.24. The predicted octanol–water partition coefficient (Wildman–Crippen LogP) is 4.64. The molecule has 1 saturated carbocycles. The van der Waals surface area contributed by atoms with Gasteiger partial charge in [-0.1, -0.05) is 18.2 Å². The molecule has 0 atom stereocenters. The van der Waals surface area contributed by atoms with Crippen LogP contribution < -0.4 is 14.4 Å². The highest BCUT2D eigenvalue weighted by molar-refractivity contribution is 6.24. The monoisotopic (exact) mass is 457 g/mol. The van der Waals surface area contributed by atoms with Gasteiger partial charge in [0.1, 0.15) is 17.0 Å². The molecule has 0 N–H and O–H groups in total. The molecule has 0 unspecified atom stereocenters. The third-order valence-electron chi connectivity index (χ3n) is 5.98. The van der Waals surface area contributed by atoms with Crippen LogP contribution in [0.15, 0.2) is 54.7 Å². The predicted molar refractivity (Wildman–Crippen MR) is 112 cm³/mol. The number of pyridine rings is 1. The Balaban J connectivity index is 1.48. The van der Waals surface area contributed by atoms with Crippen LogP contribution in [-0.4, -0.2) is 40.8 Å². The maximum Gasteiger partial charge on any atom is 0.573 e. The van der Waals surface area contributed by atoms with Crippen LogP contribution in [0, 0.1) is 0 Å². The van der Waals surface area contributed by atoms with E-state index < -0.39 is 29.6 Å². The molecule has 1 spiro atoms. The molecule has 5 rings (SSSR count). The number of anilines is 1. The van der Waals surface area contributed by atoms with Crippen molar-refractivity contribution in [2.45, 2.75) is 31.3 Å². The van der Waals surface area contributed by atoms with Crippen molar-refractivity contribution < 1.29 is 32.2 Å². The van der Waals surface area contributed by atoms with Crippen molar-refractivity contribution in [1.29, 1.82) is 0 Å². The van der Waals surface area contributed by atoms with Crippen molar-refractivity contribution >= 4 is 28.5 Å². The number of ether oxygens (including phenoxy) is 2. The van der Waals surface area contributed by atoms with Crippen molar-refractivity contribution in [3.8, 4) is 11.5 Å². The molecule has 3 aromatic rings. The van der Waals surface area contributed by atoms with Crippen molar-refractivity contribution in [3.63, 3.8) is 0 Å². The lowest BCUT2D eigenvalue weighted by atomic mass is 10.1. The summed E-state index contributed by atoms with van der Waals surface area (Å²) in [6.45, 7) is 0.128. The average Bonchev–Trinajstić information content (AvgIpc) is 3.55. The molecule has 3 amide bonds. The van der Waals surface area contributed by atoms with E-state index in [-0.39, 0.29) is 12.2 Å². The van der Waals surface area contributed by atoms with Crippen LogP contribution in [0.1, 0.15) is 18.4 Å². The normalized spacial score (nSPS) is 17.2. The Morgan fingerprint density at radius 2 is 1.76 bits per heavy atom. The molecule has 10 heteroatoms. The van der Waals surface area contributed by atoms with Crippen LogP contribution in [0.3, 0.4) is 0 Å². The zero-order valence-corrected chi connectivity index (χ0v) is 17.4. The number of imide groups is 1. The summed E-state index contributed by atoms with van der Waals surface area (Å²) in [5.74, 6) is -0.331. The Morgan fingerprint density at radius 1 is 1.06 bits per heavy atom. The number of nitrogens with zero attached hydrogens (tertiary/aromatic N) is 3. The number of methoxy groups -OCH3 is 1. The zero-order valence-electron chi connectivity index (χ0n) is 17.4. The first-order valence-electron chi connectivity index (χ1n) is 10.2. The second-order valence-corrected chi connectivity index (χ2v) is 7.90. The van der Waals surface area contributed by atoms with Crippen molar-refractivity contribution in [1.82, 2.24) is 9.88 Å². The SMILES string of the molecule is COc1cnc2ccccc2c1CN1C(=O)N(c2ccc(OC(F)(F)F)cc2)C(=O)C12CC2. The first kappa shape index (κ1) is 21.0. The van der Waals surface area contributed by atoms with E-state index in [1.54, 1.807) is 6.20 Å². The zero-order chi connectivity index (χ0) is 23.4. The number of alkyl halides is 3. The van der Waals surface area contributed by atoms with Gasteiger partial charge >= 0.3 is 12.4 Å². The van der Waals surface area contributed by atoms with Gasteiger partial charge < -0.3 is 14.4 Å². The Labute approximate surface area is 186 Å². The van der Waals surface area contributed by atoms with E-state index >= 15 is 0 Å². The summed E-state index contributed by atoms with van der Waals surface area (Å²) < 4.78 is 46.7. The van der Waals surface area contributed by atoms with Crippen LogP contribution in [0.5, 0.6) is 11.5 Å². The highest BCUT2D eigenvalue weighted by Gasteiger charge is 2.65. The van der Waals surface area contributed by atoms with Gasteiger partial charge in [-0.3, -0.25) is 9.78 Å². The minimum Gasteiger partial charge on any atom is -0.495 e. The quantitative estimate of drug-likeness (QED) is 0.522. The molecular weight excluding hydrogens is 439 g/mol. The van der Waals surface area contributed by atoms with Crippen molar-refractivity contribution in [3.05, 3.63) is 60.3 Å². The van der Waals surface area contributed by atoms with Gasteiger partial charge in [-0.15, -0.1) is 13.2 Å². The van der Waals surface area contributed by atoms with Gasteiger partial charge in [0, 0.05) is 10.9 Å². The first-order chi connectivity index (χ1) is 15.7. The summed E-state index contributed by atoms with van der Waals surface area (Å²) in [4.78, 5) is 33.5. The van der Waals surface area contributed by atoms with E-state index in [1.165, 1.54) is 24.1 Å². The second kappa shape index (κ2) is 7.36. The van der Waals surface area contributed by atoms with E-state index in [0.717, 1.165) is 33.5 Å². The topological polar surface area (TPSA) is 72.0 Å². The number of hydrogen-bond donors (Lipinski definition) is 0. The number of hydrogen-bond acceptors (Lipinski definition) is 5. The largest absolute Gasteiger partial charge is 0.573 e. The molecule has 170 valence electrons. The first-order valence-corrected chi connectivity index (χ1v) is 10.2. The Kier molecular flexibility index (Phi) is 4.70. The molecule has 0 radical (unpaired) electrons. The summed E-state index contributed by atoms with van der Waals surface area (Å²) >= 11 is 0. The number of halogens is 3. The molecule has 2 heterocycles. The van der Waals surface area contributed by atoms with Gasteiger partial charge in [-0.25, -0.2) is 9.69 Å². The van der Waals surface area contributed by atoms with Crippen LogP contribution in [-0.2, 0) is 11.3 Å². The summed E-state index contributed by atoms with van der Waals surface area (Å²) in [6, 6.07) is 11.6. The number of amides is 3. The number of carbonyl (C=O) groups is 2. The molecule has 0 bridgehead atoms. The minimum absolute atomic E-state index is 0.128. The third kappa shape index (κ3) is 3.51. The van der Waals surface area contributed by atoms with Gasteiger partial charge in [-0.05, 0) is 43.2 Å². The van der Waals surface area contributed by atoms with Crippen LogP contribution in [0.2, 0.25) is 0 Å². The number of fused-ring (bicyclic) bond motifs is 1. The average molecular weight is 457 g/mol. The molecule has 1 aliphatic carbocycles. The van der Waals surface area contributed by atoms with E-state index in [9.17, 15) is 22.8 Å². The number of rotatable bonds is 5. The van der Waals surface area contributed by atoms with E-state index in [4.69, 9.17) is 4.74 Å². The lowest BCUT2D eigenvalue weighted by Gasteiger charge is -2.23. The summed E-state index contributed by atoms with van der Waals surface area (Å²) in [5.41, 5.74) is 0.674. The van der Waals surface area contributed by atoms with Crippen LogP contribution in [0.4, 0.5) is 23.7 Å². The van der Waals surface area contributed by atoms with Gasteiger partial charge in [0.2, 0.25) is 0 Å². The highest BCUT2D eigenvalue weighted by Crippen LogP contribution is 2.50. The molecule has 2 aromatic carbocycles. The molecule has 2 fully saturated rings. The van der Waals surface area contributed by atoms with Crippen LogP contribution in [0.25, 0.3) is 10.9 Å². The Hall–Kier alpha value is -3.82. The highest BCUT2D eigenvalue weighted by atomic mass is 19.4. The maximum atomic E-state index is 13.4. The van der Waals surface area contributed by atoms with Crippen molar-refractivity contribution in [2.24, 2.45) is 0 Å². The fourth-order valence-electron chi connectivity index (χ4n) is 4.24.